The van der Waals surface area contributed by atoms with Crippen molar-refractivity contribution in [3.63, 3.8) is 0 Å². The zero-order chi connectivity index (χ0) is 11.2. The normalized spacial score (nSPS) is 17.4. The minimum absolute atomic E-state index is 0. The Labute approximate surface area is 124 Å². The van der Waals surface area contributed by atoms with E-state index in [4.69, 9.17) is 5.73 Å². The number of nitrogens with two attached hydrogens (primary N) is 1. The number of nitrogens with zero attached hydrogens (tertiary/aromatic N) is 2. The highest BCUT2D eigenvalue weighted by molar-refractivity contribution is 14.0. The van der Waals surface area contributed by atoms with Crippen LogP contribution >= 0.6 is 35.3 Å². The number of hydrogen-bond donors (Lipinski definition) is 1. The van der Waals surface area contributed by atoms with Crippen LogP contribution in [0.1, 0.15) is 30.6 Å². The molecule has 0 radical (unpaired) electrons. The Morgan fingerprint density at radius 3 is 2.59 bits per heavy atom. The van der Waals surface area contributed by atoms with Gasteiger partial charge in [0.15, 0.2) is 5.96 Å². The van der Waals surface area contributed by atoms with E-state index in [2.05, 4.69) is 27.4 Å². The summed E-state index contributed by atoms with van der Waals surface area (Å²) in [6.45, 7) is 2.86. The van der Waals surface area contributed by atoms with Crippen LogP contribution in [0.5, 0.6) is 0 Å². The van der Waals surface area contributed by atoms with E-state index in [1.165, 1.54) is 30.6 Å². The number of likely N-dealkylation sites (tertiary alicyclic amines) is 1. The summed E-state index contributed by atoms with van der Waals surface area (Å²) in [5, 5.41) is 2.08. The van der Waals surface area contributed by atoms with Crippen LogP contribution in [-0.4, -0.2) is 23.9 Å². The molecule has 0 unspecified atom stereocenters. The Morgan fingerprint density at radius 2 is 2.00 bits per heavy atom. The van der Waals surface area contributed by atoms with Crippen molar-refractivity contribution in [2.24, 2.45) is 10.7 Å². The van der Waals surface area contributed by atoms with E-state index in [0.717, 1.165) is 25.6 Å². The molecule has 1 aliphatic rings. The van der Waals surface area contributed by atoms with Gasteiger partial charge in [-0.25, -0.2) is 4.99 Å². The van der Waals surface area contributed by atoms with Crippen LogP contribution in [0.25, 0.3) is 0 Å². The van der Waals surface area contributed by atoms with Crippen LogP contribution in [0.3, 0.4) is 0 Å². The van der Waals surface area contributed by atoms with Crippen LogP contribution in [-0.2, 0) is 6.54 Å². The molecule has 1 aliphatic heterocycles. The van der Waals surface area contributed by atoms with Crippen molar-refractivity contribution in [1.82, 2.24) is 4.90 Å². The van der Waals surface area contributed by atoms with Gasteiger partial charge >= 0.3 is 0 Å². The molecule has 1 saturated heterocycles. The molecule has 2 rings (SSSR count). The first-order valence-corrected chi connectivity index (χ1v) is 6.81. The molecule has 0 spiro atoms. The van der Waals surface area contributed by atoms with E-state index in [-0.39, 0.29) is 24.0 Å². The molecule has 0 amide bonds. The number of halogens is 1. The fourth-order valence-corrected chi connectivity index (χ4v) is 2.59. The van der Waals surface area contributed by atoms with Gasteiger partial charge in [0, 0.05) is 18.0 Å². The predicted octanol–water partition coefficient (Wildman–Crippen LogP) is 3.06. The van der Waals surface area contributed by atoms with Crippen molar-refractivity contribution in [2.45, 2.75) is 32.2 Å². The lowest BCUT2D eigenvalue weighted by atomic mass is 10.2. The summed E-state index contributed by atoms with van der Waals surface area (Å²) in [4.78, 5) is 7.96. The Balaban J connectivity index is 0.00000144. The van der Waals surface area contributed by atoms with Crippen molar-refractivity contribution in [3.8, 4) is 0 Å². The largest absolute Gasteiger partial charge is 0.370 e. The first-order chi connectivity index (χ1) is 7.86. The maximum atomic E-state index is 6.02. The summed E-state index contributed by atoms with van der Waals surface area (Å²) >= 11 is 1.73. The van der Waals surface area contributed by atoms with Crippen molar-refractivity contribution in [1.29, 1.82) is 0 Å². The molecule has 0 atom stereocenters. The summed E-state index contributed by atoms with van der Waals surface area (Å²) in [6.07, 6.45) is 5.15. The molecule has 2 N–H and O–H groups in total. The zero-order valence-corrected chi connectivity index (χ0v) is 13.1. The standard InChI is InChI=1S/C12H19N3S.HI/c13-12(14-10-11-6-5-9-16-11)15-7-3-1-2-4-8-15;/h5-6,9H,1-4,7-8,10H2,(H2,13,14);1H. The van der Waals surface area contributed by atoms with E-state index in [1.807, 2.05) is 0 Å². The molecule has 0 aliphatic carbocycles. The second-order valence-corrected chi connectivity index (χ2v) is 5.19. The third-order valence-electron chi connectivity index (χ3n) is 2.91. The quantitative estimate of drug-likeness (QED) is 0.497. The van der Waals surface area contributed by atoms with Crippen LogP contribution in [0.4, 0.5) is 0 Å². The van der Waals surface area contributed by atoms with Gasteiger partial charge in [0.05, 0.1) is 6.54 Å². The summed E-state index contributed by atoms with van der Waals surface area (Å²) in [7, 11) is 0. The molecule has 2 heterocycles. The molecule has 17 heavy (non-hydrogen) atoms. The van der Waals surface area contributed by atoms with Gasteiger partial charge in [-0.2, -0.15) is 0 Å². The second-order valence-electron chi connectivity index (χ2n) is 4.16. The summed E-state index contributed by atoms with van der Waals surface area (Å²) in [5.74, 6) is 0.718. The molecule has 1 aromatic rings. The van der Waals surface area contributed by atoms with Gasteiger partial charge in [0.25, 0.3) is 0 Å². The summed E-state index contributed by atoms with van der Waals surface area (Å²) in [6, 6.07) is 4.15. The molecule has 1 fully saturated rings. The van der Waals surface area contributed by atoms with E-state index in [0.29, 0.717) is 0 Å². The zero-order valence-electron chi connectivity index (χ0n) is 9.97. The smallest absolute Gasteiger partial charge is 0.191 e. The van der Waals surface area contributed by atoms with Gasteiger partial charge in [-0.15, -0.1) is 35.3 Å². The van der Waals surface area contributed by atoms with Crippen molar-refractivity contribution in [3.05, 3.63) is 22.4 Å². The van der Waals surface area contributed by atoms with Crippen molar-refractivity contribution >= 4 is 41.3 Å². The maximum absolute atomic E-state index is 6.02. The Bertz CT molecular complexity index is 330. The van der Waals surface area contributed by atoms with Crippen LogP contribution in [0.15, 0.2) is 22.5 Å². The lowest BCUT2D eigenvalue weighted by Gasteiger charge is -2.20. The Morgan fingerprint density at radius 1 is 1.29 bits per heavy atom. The van der Waals surface area contributed by atoms with Crippen LogP contribution in [0.2, 0.25) is 0 Å². The SMILES string of the molecule is I.NC(=NCc1cccs1)N1CCCCCC1. The molecule has 0 aromatic carbocycles. The fourth-order valence-electron chi connectivity index (χ4n) is 1.96. The van der Waals surface area contributed by atoms with Gasteiger partial charge < -0.3 is 10.6 Å². The number of rotatable bonds is 2. The summed E-state index contributed by atoms with van der Waals surface area (Å²) in [5.41, 5.74) is 6.02. The molecule has 5 heteroatoms. The minimum Gasteiger partial charge on any atom is -0.370 e. The van der Waals surface area contributed by atoms with Crippen molar-refractivity contribution in [2.75, 3.05) is 13.1 Å². The molecular formula is C12H20IN3S. The van der Waals surface area contributed by atoms with E-state index < -0.39 is 0 Å². The monoisotopic (exact) mass is 365 g/mol. The lowest BCUT2D eigenvalue weighted by molar-refractivity contribution is 0.428. The number of thiophene rings is 1. The van der Waals surface area contributed by atoms with Gasteiger partial charge in [-0.3, -0.25) is 0 Å². The predicted molar refractivity (Wildman–Crippen MR) is 85.1 cm³/mol. The Hall–Kier alpha value is -0.300. The minimum atomic E-state index is 0. The van der Waals surface area contributed by atoms with E-state index in [9.17, 15) is 0 Å². The topological polar surface area (TPSA) is 41.6 Å². The highest BCUT2D eigenvalue weighted by Crippen LogP contribution is 2.11. The average Bonchev–Trinajstić information content (AvgIpc) is 2.66. The van der Waals surface area contributed by atoms with Gasteiger partial charge in [-0.05, 0) is 24.3 Å². The molecule has 96 valence electrons. The van der Waals surface area contributed by atoms with E-state index >= 15 is 0 Å². The molecular weight excluding hydrogens is 345 g/mol. The number of aliphatic imine (C=N–C) groups is 1. The molecule has 0 saturated carbocycles. The summed E-state index contributed by atoms with van der Waals surface area (Å²) < 4.78 is 0. The number of guanidine groups is 1. The number of hydrogen-bond acceptors (Lipinski definition) is 2. The van der Waals surface area contributed by atoms with Crippen LogP contribution in [0, 0.1) is 0 Å². The van der Waals surface area contributed by atoms with Crippen molar-refractivity contribution < 1.29 is 0 Å². The van der Waals surface area contributed by atoms with Gasteiger partial charge in [-0.1, -0.05) is 18.9 Å². The second kappa shape index (κ2) is 7.92. The van der Waals surface area contributed by atoms with E-state index in [1.54, 1.807) is 11.3 Å². The third-order valence-corrected chi connectivity index (χ3v) is 3.77. The molecule has 0 bridgehead atoms. The van der Waals surface area contributed by atoms with Gasteiger partial charge in [0.1, 0.15) is 0 Å². The highest BCUT2D eigenvalue weighted by Gasteiger charge is 2.10. The first kappa shape index (κ1) is 14.8. The average molecular weight is 365 g/mol. The highest BCUT2D eigenvalue weighted by atomic mass is 127. The first-order valence-electron chi connectivity index (χ1n) is 5.93. The van der Waals surface area contributed by atoms with Gasteiger partial charge in [0.2, 0.25) is 0 Å². The van der Waals surface area contributed by atoms with Crippen LogP contribution < -0.4 is 5.73 Å². The fraction of sp³-hybridized carbons (Fsp3) is 0.583. The lowest BCUT2D eigenvalue weighted by Crippen LogP contribution is -2.38. The molecule has 1 aromatic heterocycles. The maximum Gasteiger partial charge on any atom is 0.191 e. The third kappa shape index (κ3) is 4.83. The Kier molecular flexibility index (Phi) is 6.87. The molecule has 3 nitrogen and oxygen atoms in total.